The highest BCUT2D eigenvalue weighted by Crippen LogP contribution is 2.54. The zero-order chi connectivity index (χ0) is 28.1. The molecule has 1 aromatic heterocycles. The Morgan fingerprint density at radius 2 is 2.00 bits per heavy atom. The van der Waals surface area contributed by atoms with Crippen molar-refractivity contribution in [1.29, 1.82) is 5.26 Å². The molecule has 0 amide bonds. The maximum Gasteiger partial charge on any atom is 0.353 e. The molecule has 13 nitrogen and oxygen atoms in total. The number of aromatic nitrogens is 2. The van der Waals surface area contributed by atoms with Gasteiger partial charge in [0, 0.05) is 50.8 Å². The highest BCUT2D eigenvalue weighted by Gasteiger charge is 2.55. The van der Waals surface area contributed by atoms with E-state index in [0.29, 0.717) is 6.42 Å². The summed E-state index contributed by atoms with van der Waals surface area (Å²) in [5, 5.41) is 9.03. The second kappa shape index (κ2) is 13.1. The lowest BCUT2D eigenvalue weighted by Gasteiger charge is -2.53. The number of hydrogen-bond donors (Lipinski definition) is 1. The molecular weight excluding hydrogens is 538 g/mol. The number of aromatic amines is 1. The number of hydrogen-bond acceptors (Lipinski definition) is 11. The Hall–Kier alpha value is -1.71. The van der Waals surface area contributed by atoms with Crippen molar-refractivity contribution < 1.29 is 32.1 Å². The van der Waals surface area contributed by atoms with E-state index >= 15 is 0 Å². The van der Waals surface area contributed by atoms with Gasteiger partial charge in [-0.1, -0.05) is 0 Å². The molecule has 4 rings (SSSR count). The molecule has 1 N–H and O–H groups in total. The van der Waals surface area contributed by atoms with Crippen LogP contribution in [0.2, 0.25) is 0 Å². The molecule has 0 aliphatic carbocycles. The predicted molar refractivity (Wildman–Crippen MR) is 139 cm³/mol. The Morgan fingerprint density at radius 3 is 2.58 bits per heavy atom. The first-order chi connectivity index (χ1) is 18.0. The van der Waals surface area contributed by atoms with Gasteiger partial charge in [-0.25, -0.2) is 9.46 Å². The quantitative estimate of drug-likeness (QED) is 0.273. The Balaban J connectivity index is 2.02. The molecule has 0 aromatic carbocycles. The van der Waals surface area contributed by atoms with Crippen LogP contribution in [0, 0.1) is 11.3 Å². The minimum absolute atomic E-state index is 0.0712. The maximum atomic E-state index is 12.7. The molecule has 3 aliphatic rings. The molecule has 0 spiro atoms. The Labute approximate surface area is 223 Å². The van der Waals surface area contributed by atoms with Crippen LogP contribution >= 0.6 is 16.1 Å². The summed E-state index contributed by atoms with van der Waals surface area (Å²) in [4.78, 5) is 26.6. The zero-order valence-corrected chi connectivity index (χ0v) is 24.2. The standard InChI is InChI=1S/C23H36N4O9P2/c1-16(2)27(17(3)4)37(34-12-7-10-24)36-18-14-23(9-13-38(30,31-5)32-6)15-33-20(18)21(35-23)26-11-8-19(28)25-22(26)29/h8-9,11,13,16-18,20-21H,7,12,14-15H2,1-6H3,(H,25,28,29)/b13-9+/t18-,20-,21-,23-,37?/m1/s1. The second-order valence-corrected chi connectivity index (χ2v) is 13.0. The molecule has 1 unspecified atom stereocenters. The highest BCUT2D eigenvalue weighted by atomic mass is 31.2. The first kappa shape index (κ1) is 30.8. The summed E-state index contributed by atoms with van der Waals surface area (Å²) in [6.07, 6.45) is 1.06. The highest BCUT2D eigenvalue weighted by molar-refractivity contribution is 7.57. The summed E-state index contributed by atoms with van der Waals surface area (Å²) in [5.41, 5.74) is -2.37. The summed E-state index contributed by atoms with van der Waals surface area (Å²) < 4.78 is 51.3. The summed E-state index contributed by atoms with van der Waals surface area (Å²) in [6, 6.07) is 3.44. The summed E-state index contributed by atoms with van der Waals surface area (Å²) in [7, 11) is -2.63. The molecule has 2 bridgehead atoms. The van der Waals surface area contributed by atoms with Crippen molar-refractivity contribution in [3.63, 3.8) is 0 Å². The van der Waals surface area contributed by atoms with Gasteiger partial charge in [0.1, 0.15) is 11.7 Å². The van der Waals surface area contributed by atoms with Gasteiger partial charge in [0.25, 0.3) is 14.1 Å². The number of nitrogens with zero attached hydrogens (tertiary/aromatic N) is 3. The van der Waals surface area contributed by atoms with Crippen LogP contribution in [0.4, 0.5) is 0 Å². The second-order valence-electron chi connectivity index (χ2n) is 9.48. The van der Waals surface area contributed by atoms with Crippen LogP contribution < -0.4 is 11.2 Å². The molecule has 0 radical (unpaired) electrons. The molecule has 212 valence electrons. The average molecular weight is 575 g/mol. The van der Waals surface area contributed by atoms with Gasteiger partial charge in [-0.05, 0) is 33.8 Å². The monoisotopic (exact) mass is 574 g/mol. The Bertz CT molecular complexity index is 1160. The molecule has 38 heavy (non-hydrogen) atoms. The SMILES string of the molecule is COP(=O)(/C=C/[C@@]12CO[C@@H]([C@H](n3ccc(=O)[nH]c3=O)O1)[C@H](OP(OCCC#N)N(C(C)C)C(C)C)C2)OC. The number of fused-ring (bicyclic) bond motifs is 3. The van der Waals surface area contributed by atoms with Crippen molar-refractivity contribution in [2.24, 2.45) is 0 Å². The summed E-state index contributed by atoms with van der Waals surface area (Å²) in [6.45, 7) is 8.39. The smallest absolute Gasteiger partial charge is 0.353 e. The number of rotatable bonds is 13. The van der Waals surface area contributed by atoms with E-state index in [1.165, 1.54) is 36.9 Å². The minimum Gasteiger partial charge on any atom is -0.367 e. The Morgan fingerprint density at radius 1 is 1.32 bits per heavy atom. The first-order valence-electron chi connectivity index (χ1n) is 12.3. The number of nitriles is 1. The van der Waals surface area contributed by atoms with Crippen LogP contribution in [0.25, 0.3) is 0 Å². The maximum absolute atomic E-state index is 12.7. The average Bonchev–Trinajstić information content (AvgIpc) is 2.87. The van der Waals surface area contributed by atoms with Crippen LogP contribution in [0.5, 0.6) is 0 Å². The van der Waals surface area contributed by atoms with E-state index in [1.807, 2.05) is 27.7 Å². The van der Waals surface area contributed by atoms with Crippen molar-refractivity contribution in [3.8, 4) is 6.07 Å². The molecule has 3 saturated heterocycles. The Kier molecular flexibility index (Phi) is 10.6. The van der Waals surface area contributed by atoms with E-state index < -0.39 is 51.4 Å². The van der Waals surface area contributed by atoms with Crippen molar-refractivity contribution in [2.45, 2.75) is 76.7 Å². The lowest BCUT2D eigenvalue weighted by Crippen LogP contribution is -2.62. The summed E-state index contributed by atoms with van der Waals surface area (Å²) in [5.74, 6) is 1.30. The van der Waals surface area contributed by atoms with Gasteiger partial charge in [0.2, 0.25) is 0 Å². The van der Waals surface area contributed by atoms with E-state index in [2.05, 4.69) is 15.7 Å². The van der Waals surface area contributed by atoms with E-state index in [0.717, 1.165) is 0 Å². The van der Waals surface area contributed by atoms with E-state index in [4.69, 9.17) is 32.8 Å². The normalized spacial score (nSPS) is 26.5. The number of H-pyrrole nitrogens is 1. The molecule has 1 aromatic rings. The van der Waals surface area contributed by atoms with Gasteiger partial charge in [-0.2, -0.15) is 5.26 Å². The topological polar surface area (TPSA) is 154 Å². The fourth-order valence-corrected chi connectivity index (χ4v) is 7.02. The number of nitrogens with one attached hydrogen (secondary N) is 1. The molecule has 4 heterocycles. The van der Waals surface area contributed by atoms with Crippen LogP contribution in [0.15, 0.2) is 33.7 Å². The van der Waals surface area contributed by atoms with Crippen LogP contribution in [-0.2, 0) is 32.1 Å². The van der Waals surface area contributed by atoms with Crippen molar-refractivity contribution in [2.75, 3.05) is 27.4 Å². The summed E-state index contributed by atoms with van der Waals surface area (Å²) >= 11 is 0. The van der Waals surface area contributed by atoms with Crippen LogP contribution in [0.3, 0.4) is 0 Å². The zero-order valence-electron chi connectivity index (χ0n) is 22.4. The minimum atomic E-state index is -3.53. The number of ether oxygens (including phenoxy) is 2. The van der Waals surface area contributed by atoms with Crippen molar-refractivity contribution >= 4 is 16.1 Å². The third-order valence-corrected chi connectivity index (χ3v) is 9.84. The van der Waals surface area contributed by atoms with Gasteiger partial charge < -0.3 is 27.6 Å². The van der Waals surface area contributed by atoms with Gasteiger partial charge >= 0.3 is 13.3 Å². The molecule has 3 fully saturated rings. The molecule has 15 heteroatoms. The van der Waals surface area contributed by atoms with E-state index in [1.54, 1.807) is 6.08 Å². The van der Waals surface area contributed by atoms with Gasteiger partial charge in [-0.15, -0.1) is 0 Å². The first-order valence-corrected chi connectivity index (χ1v) is 15.0. The van der Waals surface area contributed by atoms with Gasteiger partial charge in [0.05, 0.1) is 31.8 Å². The molecule has 5 atom stereocenters. The third-order valence-electron chi connectivity index (χ3n) is 6.15. The fraction of sp³-hybridized carbons (Fsp3) is 0.696. The van der Waals surface area contributed by atoms with Crippen molar-refractivity contribution in [3.05, 3.63) is 45.0 Å². The van der Waals surface area contributed by atoms with Crippen molar-refractivity contribution in [1.82, 2.24) is 14.2 Å². The predicted octanol–water partition coefficient (Wildman–Crippen LogP) is 3.25. The van der Waals surface area contributed by atoms with Crippen LogP contribution in [0.1, 0.15) is 46.8 Å². The van der Waals surface area contributed by atoms with E-state index in [-0.39, 0.29) is 31.7 Å². The van der Waals surface area contributed by atoms with E-state index in [9.17, 15) is 14.2 Å². The molecular formula is C23H36N4O9P2. The lowest BCUT2D eigenvalue weighted by atomic mass is 9.87. The molecule has 0 saturated carbocycles. The third kappa shape index (κ3) is 7.07. The van der Waals surface area contributed by atoms with Crippen LogP contribution in [-0.4, -0.2) is 71.5 Å². The molecule has 3 aliphatic heterocycles. The lowest BCUT2D eigenvalue weighted by molar-refractivity contribution is -0.304. The largest absolute Gasteiger partial charge is 0.367 e. The van der Waals surface area contributed by atoms with Gasteiger partial charge in [0.15, 0.2) is 6.23 Å². The fourth-order valence-electron chi connectivity index (χ4n) is 4.44. The van der Waals surface area contributed by atoms with Gasteiger partial charge in [-0.3, -0.25) is 18.9 Å².